The molecule has 4 nitrogen and oxygen atoms in total. The van der Waals surface area contributed by atoms with Crippen molar-refractivity contribution in [2.75, 3.05) is 0 Å². The summed E-state index contributed by atoms with van der Waals surface area (Å²) in [6, 6.07) is 1.79. The first kappa shape index (κ1) is 9.15. The molecule has 0 aliphatic rings. The molecular weight excluding hydrogens is 200 g/mol. The van der Waals surface area contributed by atoms with Crippen LogP contribution < -0.4 is 0 Å². The van der Waals surface area contributed by atoms with Crippen molar-refractivity contribution in [3.05, 3.63) is 28.8 Å². The molecule has 2 rings (SSSR count). The minimum absolute atomic E-state index is 0.238. The molecule has 0 atom stereocenters. The van der Waals surface area contributed by atoms with E-state index in [9.17, 15) is 0 Å². The van der Waals surface area contributed by atoms with Gasteiger partial charge in [-0.2, -0.15) is 5.10 Å². The molecule has 0 unspecified atom stereocenters. The molecule has 1 N–H and O–H groups in total. The van der Waals surface area contributed by atoms with Gasteiger partial charge in [0.15, 0.2) is 0 Å². The maximum absolute atomic E-state index is 5.69. The van der Waals surface area contributed by atoms with Crippen LogP contribution in [0.4, 0.5) is 0 Å². The number of H-pyrrole nitrogens is 1. The van der Waals surface area contributed by atoms with Crippen molar-refractivity contribution in [3.63, 3.8) is 0 Å². The first-order chi connectivity index (χ1) is 6.68. The molecule has 2 aromatic heterocycles. The lowest BCUT2D eigenvalue weighted by atomic mass is 10.2. The van der Waals surface area contributed by atoms with Gasteiger partial charge in [0.1, 0.15) is 5.69 Å². The Bertz CT molecular complexity index is 464. The lowest BCUT2D eigenvalue weighted by Crippen LogP contribution is -1.88. The highest BCUT2D eigenvalue weighted by atomic mass is 35.5. The SMILES string of the molecule is Cc1[nH]nc(-c2ccnc(Cl)n2)c1C. The van der Waals surface area contributed by atoms with Crippen molar-refractivity contribution >= 4 is 11.6 Å². The normalized spacial score (nSPS) is 10.5. The fraction of sp³-hybridized carbons (Fsp3) is 0.222. The highest BCUT2D eigenvalue weighted by Gasteiger charge is 2.09. The lowest BCUT2D eigenvalue weighted by Gasteiger charge is -1.97. The third-order valence-electron chi connectivity index (χ3n) is 2.12. The minimum Gasteiger partial charge on any atom is -0.282 e. The lowest BCUT2D eigenvalue weighted by molar-refractivity contribution is 1.04. The summed E-state index contributed by atoms with van der Waals surface area (Å²) < 4.78 is 0. The van der Waals surface area contributed by atoms with Crippen LogP contribution in [0, 0.1) is 13.8 Å². The molecule has 5 heteroatoms. The molecule has 0 aliphatic heterocycles. The van der Waals surface area contributed by atoms with Crippen LogP contribution in [0.5, 0.6) is 0 Å². The van der Waals surface area contributed by atoms with Crippen LogP contribution in [0.25, 0.3) is 11.4 Å². The summed E-state index contributed by atoms with van der Waals surface area (Å²) in [5, 5.41) is 7.29. The van der Waals surface area contributed by atoms with Gasteiger partial charge in [0, 0.05) is 11.9 Å². The molecule has 0 radical (unpaired) electrons. The van der Waals surface area contributed by atoms with Crippen molar-refractivity contribution in [1.82, 2.24) is 20.2 Å². The van der Waals surface area contributed by atoms with Crippen LogP contribution in [0.3, 0.4) is 0 Å². The Morgan fingerprint density at radius 3 is 2.71 bits per heavy atom. The molecule has 0 aromatic carbocycles. The van der Waals surface area contributed by atoms with E-state index in [1.54, 1.807) is 12.3 Å². The van der Waals surface area contributed by atoms with Gasteiger partial charge in [-0.1, -0.05) is 0 Å². The number of aryl methyl sites for hydroxylation is 1. The first-order valence-electron chi connectivity index (χ1n) is 4.19. The van der Waals surface area contributed by atoms with Gasteiger partial charge in [-0.15, -0.1) is 0 Å². The second-order valence-electron chi connectivity index (χ2n) is 3.03. The maximum Gasteiger partial charge on any atom is 0.222 e. The third-order valence-corrected chi connectivity index (χ3v) is 2.30. The zero-order valence-electron chi connectivity index (χ0n) is 7.87. The van der Waals surface area contributed by atoms with E-state index < -0.39 is 0 Å². The minimum atomic E-state index is 0.238. The van der Waals surface area contributed by atoms with Crippen molar-refractivity contribution < 1.29 is 0 Å². The molecule has 0 amide bonds. The third kappa shape index (κ3) is 1.48. The van der Waals surface area contributed by atoms with Gasteiger partial charge < -0.3 is 0 Å². The van der Waals surface area contributed by atoms with Crippen LogP contribution in [0.15, 0.2) is 12.3 Å². The number of rotatable bonds is 1. The molecule has 0 aliphatic carbocycles. The largest absolute Gasteiger partial charge is 0.282 e. The molecule has 14 heavy (non-hydrogen) atoms. The highest BCUT2D eigenvalue weighted by molar-refractivity contribution is 6.28. The number of hydrogen-bond donors (Lipinski definition) is 1. The fourth-order valence-electron chi connectivity index (χ4n) is 1.20. The summed E-state index contributed by atoms with van der Waals surface area (Å²) >= 11 is 5.69. The fourth-order valence-corrected chi connectivity index (χ4v) is 1.35. The molecule has 72 valence electrons. The quantitative estimate of drug-likeness (QED) is 0.731. The van der Waals surface area contributed by atoms with E-state index in [4.69, 9.17) is 11.6 Å². The Labute approximate surface area is 86.4 Å². The summed E-state index contributed by atoms with van der Waals surface area (Å²) in [5.74, 6) is 0. The smallest absolute Gasteiger partial charge is 0.222 e. The van der Waals surface area contributed by atoms with Gasteiger partial charge in [-0.05, 0) is 37.1 Å². The first-order valence-corrected chi connectivity index (χ1v) is 4.57. The van der Waals surface area contributed by atoms with Crippen LogP contribution in [-0.4, -0.2) is 20.2 Å². The molecule has 0 spiro atoms. The van der Waals surface area contributed by atoms with Crippen LogP contribution >= 0.6 is 11.6 Å². The maximum atomic E-state index is 5.69. The predicted molar refractivity (Wildman–Crippen MR) is 54.1 cm³/mol. The van der Waals surface area contributed by atoms with Gasteiger partial charge in [0.25, 0.3) is 0 Å². The second-order valence-corrected chi connectivity index (χ2v) is 3.37. The molecule has 0 saturated heterocycles. The van der Waals surface area contributed by atoms with Crippen molar-refractivity contribution in [1.29, 1.82) is 0 Å². The van der Waals surface area contributed by atoms with E-state index in [1.807, 2.05) is 13.8 Å². The standard InChI is InChI=1S/C9H9ClN4/c1-5-6(2)13-14-8(5)7-3-4-11-9(10)12-7/h3-4H,1-2H3,(H,13,14). The Balaban J connectivity index is 2.55. The Morgan fingerprint density at radius 2 is 2.14 bits per heavy atom. The highest BCUT2D eigenvalue weighted by Crippen LogP contribution is 2.20. The average Bonchev–Trinajstić information content (AvgIpc) is 2.48. The number of halogens is 1. The van der Waals surface area contributed by atoms with Crippen molar-refractivity contribution in [3.8, 4) is 11.4 Å². The number of aromatic nitrogens is 4. The monoisotopic (exact) mass is 208 g/mol. The van der Waals surface area contributed by atoms with Gasteiger partial charge in [-0.3, -0.25) is 5.10 Å². The van der Waals surface area contributed by atoms with Crippen LogP contribution in [-0.2, 0) is 0 Å². The van der Waals surface area contributed by atoms with E-state index in [2.05, 4.69) is 20.2 Å². The molecular formula is C9H9ClN4. The van der Waals surface area contributed by atoms with Crippen molar-refractivity contribution in [2.45, 2.75) is 13.8 Å². The molecule has 0 bridgehead atoms. The Kier molecular flexibility index (Phi) is 2.21. The van der Waals surface area contributed by atoms with Gasteiger partial charge >= 0.3 is 0 Å². The Hall–Kier alpha value is -1.42. The summed E-state index contributed by atoms with van der Waals surface area (Å²) in [4.78, 5) is 7.91. The molecule has 2 heterocycles. The number of hydrogen-bond acceptors (Lipinski definition) is 3. The zero-order valence-corrected chi connectivity index (χ0v) is 8.63. The van der Waals surface area contributed by atoms with E-state index >= 15 is 0 Å². The second kappa shape index (κ2) is 3.38. The Morgan fingerprint density at radius 1 is 1.36 bits per heavy atom. The van der Waals surface area contributed by atoms with Crippen molar-refractivity contribution in [2.24, 2.45) is 0 Å². The van der Waals surface area contributed by atoms with E-state index in [-0.39, 0.29) is 5.28 Å². The van der Waals surface area contributed by atoms with E-state index in [1.165, 1.54) is 0 Å². The van der Waals surface area contributed by atoms with Crippen LogP contribution in [0.1, 0.15) is 11.3 Å². The molecule has 0 fully saturated rings. The summed E-state index contributed by atoms with van der Waals surface area (Å²) in [7, 11) is 0. The van der Waals surface area contributed by atoms with Gasteiger partial charge in [-0.25, -0.2) is 9.97 Å². The topological polar surface area (TPSA) is 54.5 Å². The van der Waals surface area contributed by atoms with E-state index in [0.717, 1.165) is 22.6 Å². The van der Waals surface area contributed by atoms with Crippen LogP contribution in [0.2, 0.25) is 5.28 Å². The summed E-state index contributed by atoms with van der Waals surface area (Å²) in [6.07, 6.45) is 1.62. The van der Waals surface area contributed by atoms with Gasteiger partial charge in [0.05, 0.1) is 5.69 Å². The van der Waals surface area contributed by atoms with E-state index in [0.29, 0.717) is 0 Å². The summed E-state index contributed by atoms with van der Waals surface area (Å²) in [5.41, 5.74) is 3.69. The predicted octanol–water partition coefficient (Wildman–Crippen LogP) is 2.14. The number of nitrogens with one attached hydrogen (secondary N) is 1. The average molecular weight is 209 g/mol. The number of nitrogens with zero attached hydrogens (tertiary/aromatic N) is 3. The molecule has 0 saturated carbocycles. The number of aromatic amines is 1. The molecule has 2 aromatic rings. The summed E-state index contributed by atoms with van der Waals surface area (Å²) in [6.45, 7) is 3.96. The zero-order chi connectivity index (χ0) is 10.1. The van der Waals surface area contributed by atoms with Gasteiger partial charge in [0.2, 0.25) is 5.28 Å².